The molecule has 0 saturated carbocycles. The van der Waals surface area contributed by atoms with Gasteiger partial charge in [0.15, 0.2) is 6.10 Å². The second-order valence-corrected chi connectivity index (χ2v) is 19.9. The maximum absolute atomic E-state index is 12.8. The molecule has 0 N–H and O–H groups in total. The summed E-state index contributed by atoms with van der Waals surface area (Å²) in [5.74, 6) is -0.833. The lowest BCUT2D eigenvalue weighted by molar-refractivity contribution is -0.167. The summed E-state index contributed by atoms with van der Waals surface area (Å²) in [4.78, 5) is 38.1. The highest BCUT2D eigenvalue weighted by atomic mass is 16.6. The van der Waals surface area contributed by atoms with Gasteiger partial charge in [0.25, 0.3) is 0 Å². The third-order valence-electron chi connectivity index (χ3n) is 13.4. The fourth-order valence-corrected chi connectivity index (χ4v) is 8.98. The molecule has 1 atom stereocenters. The number of esters is 3. The van der Waals surface area contributed by atoms with Gasteiger partial charge in [0, 0.05) is 19.3 Å². The topological polar surface area (TPSA) is 78.9 Å². The Morgan fingerprint density at radius 2 is 0.422 bits per heavy atom. The molecule has 0 heterocycles. The van der Waals surface area contributed by atoms with E-state index in [4.69, 9.17) is 14.2 Å². The van der Waals surface area contributed by atoms with E-state index in [0.717, 1.165) is 57.8 Å². The van der Waals surface area contributed by atoms with Gasteiger partial charge in [-0.15, -0.1) is 0 Å². The van der Waals surface area contributed by atoms with Crippen molar-refractivity contribution >= 4 is 17.9 Å². The highest BCUT2D eigenvalue weighted by Crippen LogP contribution is 2.18. The fourth-order valence-electron chi connectivity index (χ4n) is 8.98. The van der Waals surface area contributed by atoms with Crippen molar-refractivity contribution in [2.75, 3.05) is 13.2 Å². The van der Waals surface area contributed by atoms with E-state index in [1.54, 1.807) is 0 Å². The molecular weight excluding hydrogens is 793 g/mol. The Morgan fingerprint density at radius 3 is 0.625 bits per heavy atom. The van der Waals surface area contributed by atoms with E-state index < -0.39 is 6.10 Å². The first-order chi connectivity index (χ1) is 31.5. The Morgan fingerprint density at radius 1 is 0.250 bits per heavy atom. The maximum Gasteiger partial charge on any atom is 0.306 e. The number of carbonyl (C=O) groups excluding carboxylic acids is 3. The minimum Gasteiger partial charge on any atom is -0.462 e. The molecule has 0 rings (SSSR count). The molecule has 0 bridgehead atoms. The third kappa shape index (κ3) is 51.4. The molecule has 0 aliphatic rings. The van der Waals surface area contributed by atoms with Crippen molar-refractivity contribution in [1.29, 1.82) is 0 Å². The predicted molar refractivity (Wildman–Crippen MR) is 275 cm³/mol. The number of unbranched alkanes of at least 4 members (excludes halogenated alkanes) is 43. The largest absolute Gasteiger partial charge is 0.462 e. The quantitative estimate of drug-likeness (QED) is 0.0344. The molecule has 6 heteroatoms. The van der Waals surface area contributed by atoms with E-state index in [2.05, 4.69) is 20.8 Å². The van der Waals surface area contributed by atoms with E-state index >= 15 is 0 Å². The summed E-state index contributed by atoms with van der Waals surface area (Å²) in [7, 11) is 0. The molecular formula is C58H112O6. The van der Waals surface area contributed by atoms with Gasteiger partial charge in [0.05, 0.1) is 0 Å². The van der Waals surface area contributed by atoms with Crippen molar-refractivity contribution in [3.8, 4) is 0 Å². The first-order valence-electron chi connectivity index (χ1n) is 29.0. The van der Waals surface area contributed by atoms with Gasteiger partial charge < -0.3 is 14.2 Å². The van der Waals surface area contributed by atoms with Crippen molar-refractivity contribution in [1.82, 2.24) is 0 Å². The zero-order valence-electron chi connectivity index (χ0n) is 43.6. The normalized spacial score (nSPS) is 11.9. The molecule has 0 aromatic rings. The first kappa shape index (κ1) is 62.4. The SMILES string of the molecule is CCCCCCCCCCCCCCCCCCCCC(=O)OC[C@@H](COC(=O)CCCCCCCCCCCCC)OC(=O)CCCCCCCCCCCCCCCCCCC. The van der Waals surface area contributed by atoms with Crippen LogP contribution in [0.4, 0.5) is 0 Å². The molecule has 0 fully saturated rings. The van der Waals surface area contributed by atoms with Crippen LogP contribution in [0, 0.1) is 0 Å². The molecule has 0 aliphatic carbocycles. The van der Waals surface area contributed by atoms with Crippen molar-refractivity contribution in [3.63, 3.8) is 0 Å². The van der Waals surface area contributed by atoms with Gasteiger partial charge in [0.2, 0.25) is 0 Å². The standard InChI is InChI=1S/C58H112O6/c1-4-7-10-13-16-19-22-24-26-28-30-31-33-36-39-42-45-48-51-57(60)63-54-55(53-62-56(59)50-47-44-41-38-35-21-18-15-12-9-6-3)64-58(61)52-49-46-43-40-37-34-32-29-27-25-23-20-17-14-11-8-5-2/h55H,4-54H2,1-3H3/t55-/m1/s1. The second-order valence-electron chi connectivity index (χ2n) is 19.9. The summed E-state index contributed by atoms with van der Waals surface area (Å²) >= 11 is 0. The lowest BCUT2D eigenvalue weighted by atomic mass is 10.0. The molecule has 0 aromatic heterocycles. The molecule has 64 heavy (non-hydrogen) atoms. The number of rotatable bonds is 54. The minimum atomic E-state index is -0.760. The van der Waals surface area contributed by atoms with Crippen LogP contribution in [0.2, 0.25) is 0 Å². The summed E-state index contributed by atoms with van der Waals surface area (Å²) in [5, 5.41) is 0. The second kappa shape index (κ2) is 54.0. The molecule has 0 radical (unpaired) electrons. The summed E-state index contributed by atoms with van der Waals surface area (Å²) in [6.07, 6.45) is 59.5. The summed E-state index contributed by atoms with van der Waals surface area (Å²) < 4.78 is 16.9. The Kier molecular flexibility index (Phi) is 52.7. The Bertz CT molecular complexity index is 951. The minimum absolute atomic E-state index is 0.0611. The van der Waals surface area contributed by atoms with Gasteiger partial charge in [-0.2, -0.15) is 0 Å². The number of ether oxygens (including phenoxy) is 3. The van der Waals surface area contributed by atoms with E-state index in [0.29, 0.717) is 19.3 Å². The van der Waals surface area contributed by atoms with Gasteiger partial charge in [-0.1, -0.05) is 297 Å². The number of carbonyl (C=O) groups is 3. The van der Waals surface area contributed by atoms with Gasteiger partial charge in [0.1, 0.15) is 13.2 Å². The predicted octanol–water partition coefficient (Wildman–Crippen LogP) is 19.2. The molecule has 0 spiro atoms. The van der Waals surface area contributed by atoms with Crippen molar-refractivity contribution < 1.29 is 28.6 Å². The first-order valence-corrected chi connectivity index (χ1v) is 29.0. The smallest absolute Gasteiger partial charge is 0.306 e. The zero-order chi connectivity index (χ0) is 46.5. The third-order valence-corrected chi connectivity index (χ3v) is 13.4. The van der Waals surface area contributed by atoms with Gasteiger partial charge in [-0.05, 0) is 19.3 Å². The zero-order valence-corrected chi connectivity index (χ0v) is 43.6. The van der Waals surface area contributed by atoms with E-state index in [-0.39, 0.29) is 31.1 Å². The Labute approximate surface area is 399 Å². The molecule has 6 nitrogen and oxygen atoms in total. The highest BCUT2D eigenvalue weighted by molar-refractivity contribution is 5.71. The molecule has 0 unspecified atom stereocenters. The summed E-state index contributed by atoms with van der Waals surface area (Å²) in [6.45, 7) is 6.70. The van der Waals surface area contributed by atoms with Crippen LogP contribution in [-0.4, -0.2) is 37.2 Å². The lowest BCUT2D eigenvalue weighted by Gasteiger charge is -2.18. The molecule has 0 aromatic carbocycles. The van der Waals surface area contributed by atoms with Gasteiger partial charge >= 0.3 is 17.9 Å². The van der Waals surface area contributed by atoms with Crippen molar-refractivity contribution in [2.24, 2.45) is 0 Å². The fraction of sp³-hybridized carbons (Fsp3) is 0.948. The van der Waals surface area contributed by atoms with Crippen LogP contribution in [0.25, 0.3) is 0 Å². The summed E-state index contributed by atoms with van der Waals surface area (Å²) in [5.41, 5.74) is 0. The summed E-state index contributed by atoms with van der Waals surface area (Å²) in [6, 6.07) is 0. The van der Waals surface area contributed by atoms with Crippen LogP contribution in [0.1, 0.15) is 335 Å². The number of hydrogen-bond donors (Lipinski definition) is 0. The molecule has 0 saturated heterocycles. The molecule has 380 valence electrons. The van der Waals surface area contributed by atoms with Crippen LogP contribution in [0.3, 0.4) is 0 Å². The average molecular weight is 906 g/mol. The maximum atomic E-state index is 12.8. The van der Waals surface area contributed by atoms with Crippen LogP contribution in [-0.2, 0) is 28.6 Å². The van der Waals surface area contributed by atoms with E-state index in [9.17, 15) is 14.4 Å². The van der Waals surface area contributed by atoms with Gasteiger partial charge in [-0.3, -0.25) is 14.4 Å². The van der Waals surface area contributed by atoms with Crippen LogP contribution < -0.4 is 0 Å². The van der Waals surface area contributed by atoms with E-state index in [1.165, 1.54) is 238 Å². The van der Waals surface area contributed by atoms with Crippen molar-refractivity contribution in [2.45, 2.75) is 341 Å². The number of hydrogen-bond acceptors (Lipinski definition) is 6. The van der Waals surface area contributed by atoms with Crippen LogP contribution >= 0.6 is 0 Å². The van der Waals surface area contributed by atoms with Crippen LogP contribution in [0.15, 0.2) is 0 Å². The average Bonchev–Trinajstić information content (AvgIpc) is 3.29. The Hall–Kier alpha value is -1.59. The Balaban J connectivity index is 4.25. The van der Waals surface area contributed by atoms with E-state index in [1.807, 2.05) is 0 Å². The molecule has 0 amide bonds. The van der Waals surface area contributed by atoms with Crippen LogP contribution in [0.5, 0.6) is 0 Å². The van der Waals surface area contributed by atoms with Gasteiger partial charge in [-0.25, -0.2) is 0 Å². The lowest BCUT2D eigenvalue weighted by Crippen LogP contribution is -2.30. The monoisotopic (exact) mass is 905 g/mol. The van der Waals surface area contributed by atoms with Crippen molar-refractivity contribution in [3.05, 3.63) is 0 Å². The molecule has 0 aliphatic heterocycles. The highest BCUT2D eigenvalue weighted by Gasteiger charge is 2.19.